The maximum atomic E-state index is 5.11. The van der Waals surface area contributed by atoms with Gasteiger partial charge in [-0.05, 0) is 24.7 Å². The number of hydrogen-bond donors (Lipinski definition) is 1. The van der Waals surface area contributed by atoms with Gasteiger partial charge in [-0.1, -0.05) is 17.3 Å². The Balaban J connectivity index is 2.03. The van der Waals surface area contributed by atoms with E-state index in [1.165, 1.54) is 5.56 Å². The van der Waals surface area contributed by atoms with Gasteiger partial charge in [0.1, 0.15) is 5.75 Å². The van der Waals surface area contributed by atoms with Gasteiger partial charge in [-0.25, -0.2) is 4.68 Å². The number of aromatic nitrogens is 3. The second-order valence-corrected chi connectivity index (χ2v) is 3.79. The lowest BCUT2D eigenvalue weighted by Gasteiger charge is -2.02. The Morgan fingerprint density at radius 1 is 1.29 bits per heavy atom. The summed E-state index contributed by atoms with van der Waals surface area (Å²) >= 11 is 0. The smallest absolute Gasteiger partial charge is 0.118 e. The molecule has 1 aromatic heterocycles. The van der Waals surface area contributed by atoms with E-state index >= 15 is 0 Å². The molecule has 2 aromatic rings. The van der Waals surface area contributed by atoms with Crippen LogP contribution in [0.25, 0.3) is 0 Å². The first-order chi connectivity index (χ1) is 8.31. The molecule has 0 amide bonds. The molecule has 0 saturated heterocycles. The fraction of sp³-hybridized carbons (Fsp3) is 0.333. The highest BCUT2D eigenvalue weighted by atomic mass is 16.5. The Morgan fingerprint density at radius 3 is 2.71 bits per heavy atom. The third-order valence-electron chi connectivity index (χ3n) is 2.45. The molecule has 17 heavy (non-hydrogen) atoms. The van der Waals surface area contributed by atoms with E-state index in [0.29, 0.717) is 0 Å². The highest BCUT2D eigenvalue weighted by molar-refractivity contribution is 5.27. The molecule has 1 aromatic carbocycles. The van der Waals surface area contributed by atoms with Crippen molar-refractivity contribution >= 4 is 0 Å². The molecule has 5 heteroatoms. The molecule has 0 unspecified atom stereocenters. The van der Waals surface area contributed by atoms with Crippen LogP contribution in [-0.2, 0) is 13.1 Å². The molecule has 0 aliphatic heterocycles. The minimum absolute atomic E-state index is 0.723. The van der Waals surface area contributed by atoms with Crippen molar-refractivity contribution < 1.29 is 4.74 Å². The topological polar surface area (TPSA) is 52.0 Å². The molecular formula is C12H16N4O. The second kappa shape index (κ2) is 5.45. The van der Waals surface area contributed by atoms with E-state index in [1.54, 1.807) is 7.11 Å². The van der Waals surface area contributed by atoms with Crippen LogP contribution in [0.3, 0.4) is 0 Å². The molecular weight excluding hydrogens is 216 g/mol. The first kappa shape index (κ1) is 11.6. The van der Waals surface area contributed by atoms with Crippen LogP contribution in [0.5, 0.6) is 5.75 Å². The summed E-state index contributed by atoms with van der Waals surface area (Å²) in [5.74, 6) is 0.864. The van der Waals surface area contributed by atoms with E-state index in [9.17, 15) is 0 Å². The average Bonchev–Trinajstić information content (AvgIpc) is 2.78. The third-order valence-corrected chi connectivity index (χ3v) is 2.45. The number of methoxy groups -OCH3 is 1. The largest absolute Gasteiger partial charge is 0.497 e. The van der Waals surface area contributed by atoms with Gasteiger partial charge in [-0.2, -0.15) is 0 Å². The molecule has 5 nitrogen and oxygen atoms in total. The molecule has 0 aliphatic rings. The van der Waals surface area contributed by atoms with Gasteiger partial charge >= 0.3 is 0 Å². The molecule has 0 saturated carbocycles. The minimum atomic E-state index is 0.723. The van der Waals surface area contributed by atoms with Crippen molar-refractivity contribution in [3.05, 3.63) is 41.7 Å². The van der Waals surface area contributed by atoms with Crippen molar-refractivity contribution in [3.8, 4) is 5.75 Å². The van der Waals surface area contributed by atoms with E-state index in [2.05, 4.69) is 15.6 Å². The van der Waals surface area contributed by atoms with Gasteiger partial charge in [0, 0.05) is 6.54 Å². The fourth-order valence-corrected chi connectivity index (χ4v) is 1.60. The molecule has 0 spiro atoms. The van der Waals surface area contributed by atoms with Gasteiger partial charge in [0.05, 0.1) is 25.5 Å². The second-order valence-electron chi connectivity index (χ2n) is 3.79. The molecule has 0 radical (unpaired) electrons. The maximum Gasteiger partial charge on any atom is 0.118 e. The zero-order chi connectivity index (χ0) is 12.1. The number of nitrogens with one attached hydrogen (secondary N) is 1. The van der Waals surface area contributed by atoms with Crippen molar-refractivity contribution in [3.63, 3.8) is 0 Å². The summed E-state index contributed by atoms with van der Waals surface area (Å²) in [4.78, 5) is 0. The van der Waals surface area contributed by atoms with Crippen LogP contribution in [0.1, 0.15) is 11.3 Å². The van der Waals surface area contributed by atoms with Gasteiger partial charge in [0.15, 0.2) is 0 Å². The molecule has 0 aliphatic carbocycles. The normalized spacial score (nSPS) is 10.5. The van der Waals surface area contributed by atoms with E-state index in [0.717, 1.165) is 24.5 Å². The fourth-order valence-electron chi connectivity index (χ4n) is 1.60. The first-order valence-electron chi connectivity index (χ1n) is 5.48. The summed E-state index contributed by atoms with van der Waals surface area (Å²) in [6.07, 6.45) is 1.95. The predicted molar refractivity (Wildman–Crippen MR) is 64.9 cm³/mol. The van der Waals surface area contributed by atoms with Gasteiger partial charge in [0.2, 0.25) is 0 Å². The number of benzene rings is 1. The highest BCUT2D eigenvalue weighted by Gasteiger charge is 2.00. The van der Waals surface area contributed by atoms with Crippen molar-refractivity contribution in [1.29, 1.82) is 0 Å². The van der Waals surface area contributed by atoms with Crippen molar-refractivity contribution in [2.24, 2.45) is 0 Å². The van der Waals surface area contributed by atoms with E-state index in [-0.39, 0.29) is 0 Å². The first-order valence-corrected chi connectivity index (χ1v) is 5.48. The van der Waals surface area contributed by atoms with Crippen molar-refractivity contribution in [1.82, 2.24) is 20.3 Å². The Kier molecular flexibility index (Phi) is 3.72. The molecule has 2 rings (SSSR count). The third kappa shape index (κ3) is 3.04. The van der Waals surface area contributed by atoms with Crippen LogP contribution >= 0.6 is 0 Å². The number of nitrogens with zero attached hydrogens (tertiary/aromatic N) is 3. The minimum Gasteiger partial charge on any atom is -0.497 e. The number of ether oxygens (including phenoxy) is 1. The molecule has 0 atom stereocenters. The summed E-state index contributed by atoms with van der Waals surface area (Å²) in [5, 5.41) is 11.2. The number of rotatable bonds is 5. The van der Waals surface area contributed by atoms with E-state index in [4.69, 9.17) is 4.74 Å². The highest BCUT2D eigenvalue weighted by Crippen LogP contribution is 2.12. The van der Waals surface area contributed by atoms with Crippen molar-refractivity contribution in [2.75, 3.05) is 14.2 Å². The average molecular weight is 232 g/mol. The maximum absolute atomic E-state index is 5.11. The monoisotopic (exact) mass is 232 g/mol. The van der Waals surface area contributed by atoms with E-state index < -0.39 is 0 Å². The number of hydrogen-bond acceptors (Lipinski definition) is 4. The zero-order valence-electron chi connectivity index (χ0n) is 10.1. The molecule has 1 N–H and O–H groups in total. The molecule has 0 fully saturated rings. The lowest BCUT2D eigenvalue weighted by atomic mass is 10.2. The van der Waals surface area contributed by atoms with Crippen LogP contribution < -0.4 is 10.1 Å². The standard InChI is InChI=1S/C12H16N4O/c1-13-7-11-9-16(15-14-11)8-10-3-5-12(17-2)6-4-10/h3-6,9,13H,7-8H2,1-2H3. The van der Waals surface area contributed by atoms with Crippen molar-refractivity contribution in [2.45, 2.75) is 13.1 Å². The summed E-state index contributed by atoms with van der Waals surface area (Å²) in [5.41, 5.74) is 2.12. The van der Waals surface area contributed by atoms with Gasteiger partial charge < -0.3 is 10.1 Å². The van der Waals surface area contributed by atoms with Crippen LogP contribution in [0.2, 0.25) is 0 Å². The van der Waals surface area contributed by atoms with Gasteiger partial charge in [-0.15, -0.1) is 5.10 Å². The molecule has 0 bridgehead atoms. The van der Waals surface area contributed by atoms with Gasteiger partial charge in [-0.3, -0.25) is 0 Å². The SMILES string of the molecule is CNCc1cn(Cc2ccc(OC)cc2)nn1. The van der Waals surface area contributed by atoms with Gasteiger partial charge in [0.25, 0.3) is 0 Å². The summed E-state index contributed by atoms with van der Waals surface area (Å²) in [7, 11) is 3.55. The van der Waals surface area contributed by atoms with Crippen LogP contribution in [0.15, 0.2) is 30.5 Å². The lowest BCUT2D eigenvalue weighted by molar-refractivity contribution is 0.414. The summed E-state index contributed by atoms with van der Waals surface area (Å²) in [6.45, 7) is 1.46. The van der Waals surface area contributed by atoms with Crippen LogP contribution in [-0.4, -0.2) is 29.2 Å². The lowest BCUT2D eigenvalue weighted by Crippen LogP contribution is -2.05. The van der Waals surface area contributed by atoms with E-state index in [1.807, 2.05) is 42.2 Å². The quantitative estimate of drug-likeness (QED) is 0.837. The summed E-state index contributed by atoms with van der Waals surface area (Å²) < 4.78 is 6.94. The van der Waals surface area contributed by atoms with Crippen LogP contribution in [0, 0.1) is 0 Å². The zero-order valence-corrected chi connectivity index (χ0v) is 10.1. The Labute approximate surface area is 100 Å². The molecule has 90 valence electrons. The Bertz CT molecular complexity index is 464. The Morgan fingerprint density at radius 2 is 2.06 bits per heavy atom. The Hall–Kier alpha value is -1.88. The van der Waals surface area contributed by atoms with Crippen LogP contribution in [0.4, 0.5) is 0 Å². The molecule has 1 heterocycles. The predicted octanol–water partition coefficient (Wildman–Crippen LogP) is 1.05. The summed E-state index contributed by atoms with van der Waals surface area (Å²) in [6, 6.07) is 7.94.